The number of hydrogen-bond acceptors (Lipinski definition) is 3. The van der Waals surface area contributed by atoms with Crippen LogP contribution < -0.4 is 11.1 Å². The Bertz CT molecular complexity index is 267. The summed E-state index contributed by atoms with van der Waals surface area (Å²) in [4.78, 5) is 11.9. The molecule has 2 unspecified atom stereocenters. The Hall–Kier alpha value is -0.610. The lowest BCUT2D eigenvalue weighted by molar-refractivity contribution is -0.122. The van der Waals surface area contributed by atoms with Gasteiger partial charge in [-0.05, 0) is 44.1 Å². The molecule has 0 aromatic heterocycles. The fraction of sp³-hybridized carbons (Fsp3) is 0.929. The molecule has 3 N–H and O–H groups in total. The highest BCUT2D eigenvalue weighted by Gasteiger charge is 2.26. The maximum absolute atomic E-state index is 11.9. The third-order valence-corrected chi connectivity index (χ3v) is 3.93. The first-order valence-electron chi connectivity index (χ1n) is 6.99. The lowest BCUT2D eigenvalue weighted by Crippen LogP contribution is -2.34. The van der Waals surface area contributed by atoms with Gasteiger partial charge in [0.05, 0.1) is 6.10 Å². The molecule has 0 aliphatic heterocycles. The van der Waals surface area contributed by atoms with E-state index in [1.807, 2.05) is 0 Å². The number of amides is 1. The van der Waals surface area contributed by atoms with Gasteiger partial charge in [0.25, 0.3) is 0 Å². The summed E-state index contributed by atoms with van der Waals surface area (Å²) in [5, 5.41) is 3.11. The number of carbonyl (C=O) groups is 1. The molecule has 1 saturated carbocycles. The third kappa shape index (κ3) is 5.36. The van der Waals surface area contributed by atoms with Gasteiger partial charge in [-0.15, -0.1) is 0 Å². The van der Waals surface area contributed by atoms with E-state index in [0.29, 0.717) is 25.1 Å². The number of carbonyl (C=O) groups excluding carboxylic acids is 1. The second-order valence-electron chi connectivity index (χ2n) is 6.14. The standard InChI is InChI=1S/C14H28N2O2/c1-14(2,8-9-15)7-6-13(17)16-11-4-5-12(10-11)18-3/h11-12H,4-10,15H2,1-3H3,(H,16,17). The normalized spacial score (nSPS) is 24.2. The molecule has 0 spiro atoms. The minimum Gasteiger partial charge on any atom is -0.381 e. The van der Waals surface area contributed by atoms with Crippen LogP contribution in [0.1, 0.15) is 52.4 Å². The molecule has 1 fully saturated rings. The van der Waals surface area contributed by atoms with Gasteiger partial charge in [0.15, 0.2) is 0 Å². The fourth-order valence-electron chi connectivity index (χ4n) is 2.55. The molecule has 0 aromatic carbocycles. The predicted octanol–water partition coefficient (Wildman–Crippen LogP) is 1.83. The van der Waals surface area contributed by atoms with Crippen LogP contribution in [0.4, 0.5) is 0 Å². The zero-order chi connectivity index (χ0) is 13.6. The molecule has 106 valence electrons. The van der Waals surface area contributed by atoms with Crippen LogP contribution in [-0.4, -0.2) is 31.7 Å². The maximum Gasteiger partial charge on any atom is 0.220 e. The van der Waals surface area contributed by atoms with Gasteiger partial charge in [0.1, 0.15) is 0 Å². The zero-order valence-electron chi connectivity index (χ0n) is 12.0. The van der Waals surface area contributed by atoms with E-state index < -0.39 is 0 Å². The Labute approximate surface area is 111 Å². The van der Waals surface area contributed by atoms with Crippen molar-refractivity contribution >= 4 is 5.91 Å². The van der Waals surface area contributed by atoms with Gasteiger partial charge < -0.3 is 15.8 Å². The third-order valence-electron chi connectivity index (χ3n) is 3.93. The summed E-state index contributed by atoms with van der Waals surface area (Å²) in [6, 6.07) is 0.306. The summed E-state index contributed by atoms with van der Waals surface area (Å²) in [5.41, 5.74) is 5.73. The number of hydrogen-bond donors (Lipinski definition) is 2. The van der Waals surface area contributed by atoms with Crippen molar-refractivity contribution in [1.29, 1.82) is 0 Å². The summed E-state index contributed by atoms with van der Waals surface area (Å²) >= 11 is 0. The molecular formula is C14H28N2O2. The number of nitrogens with one attached hydrogen (secondary N) is 1. The average molecular weight is 256 g/mol. The van der Waals surface area contributed by atoms with E-state index in [1.54, 1.807) is 7.11 Å². The second-order valence-corrected chi connectivity index (χ2v) is 6.14. The molecule has 0 bridgehead atoms. The summed E-state index contributed by atoms with van der Waals surface area (Å²) in [5.74, 6) is 0.168. The molecule has 1 rings (SSSR count). The lowest BCUT2D eigenvalue weighted by Gasteiger charge is -2.23. The predicted molar refractivity (Wildman–Crippen MR) is 73.3 cm³/mol. The van der Waals surface area contributed by atoms with Crippen molar-refractivity contribution in [3.8, 4) is 0 Å². The van der Waals surface area contributed by atoms with Gasteiger partial charge >= 0.3 is 0 Å². The van der Waals surface area contributed by atoms with Crippen molar-refractivity contribution < 1.29 is 9.53 Å². The Morgan fingerprint density at radius 3 is 2.67 bits per heavy atom. The molecule has 0 radical (unpaired) electrons. The second kappa shape index (κ2) is 7.10. The van der Waals surface area contributed by atoms with Crippen molar-refractivity contribution in [2.45, 2.75) is 64.5 Å². The van der Waals surface area contributed by atoms with Gasteiger partial charge in [-0.2, -0.15) is 0 Å². The molecule has 18 heavy (non-hydrogen) atoms. The summed E-state index contributed by atoms with van der Waals surface area (Å²) in [6.07, 6.45) is 5.84. The minimum atomic E-state index is 0.164. The van der Waals surface area contributed by atoms with E-state index in [-0.39, 0.29) is 11.3 Å². The maximum atomic E-state index is 11.9. The monoisotopic (exact) mass is 256 g/mol. The van der Waals surface area contributed by atoms with Crippen molar-refractivity contribution in [3.05, 3.63) is 0 Å². The van der Waals surface area contributed by atoms with Crippen molar-refractivity contribution in [1.82, 2.24) is 5.32 Å². The molecule has 1 amide bonds. The highest BCUT2D eigenvalue weighted by atomic mass is 16.5. The highest BCUT2D eigenvalue weighted by Crippen LogP contribution is 2.26. The molecule has 4 heteroatoms. The quantitative estimate of drug-likeness (QED) is 0.730. The minimum absolute atomic E-state index is 0.164. The Balaban J connectivity index is 2.22. The van der Waals surface area contributed by atoms with Crippen molar-refractivity contribution in [3.63, 3.8) is 0 Å². The fourth-order valence-corrected chi connectivity index (χ4v) is 2.55. The molecule has 0 aromatic rings. The zero-order valence-corrected chi connectivity index (χ0v) is 12.0. The number of methoxy groups -OCH3 is 1. The first-order chi connectivity index (χ1) is 8.46. The van der Waals surface area contributed by atoms with E-state index in [9.17, 15) is 4.79 Å². The molecule has 0 saturated heterocycles. The van der Waals surface area contributed by atoms with Crippen LogP contribution in [0.15, 0.2) is 0 Å². The van der Waals surface area contributed by atoms with Crippen LogP contribution in [0.3, 0.4) is 0 Å². The van der Waals surface area contributed by atoms with E-state index in [1.165, 1.54) is 0 Å². The SMILES string of the molecule is COC1CCC(NC(=O)CCC(C)(C)CCN)C1. The van der Waals surface area contributed by atoms with Crippen molar-refractivity contribution in [2.75, 3.05) is 13.7 Å². The van der Waals surface area contributed by atoms with Gasteiger partial charge in [-0.25, -0.2) is 0 Å². The van der Waals surface area contributed by atoms with E-state index in [0.717, 1.165) is 32.1 Å². The summed E-state index contributed by atoms with van der Waals surface area (Å²) < 4.78 is 5.30. The van der Waals surface area contributed by atoms with E-state index >= 15 is 0 Å². The van der Waals surface area contributed by atoms with Crippen LogP contribution in [0.5, 0.6) is 0 Å². The Morgan fingerprint density at radius 2 is 2.11 bits per heavy atom. The Morgan fingerprint density at radius 1 is 1.39 bits per heavy atom. The number of ether oxygens (including phenoxy) is 1. The molecule has 4 nitrogen and oxygen atoms in total. The van der Waals surface area contributed by atoms with Crippen LogP contribution >= 0.6 is 0 Å². The van der Waals surface area contributed by atoms with Gasteiger partial charge in [0.2, 0.25) is 5.91 Å². The molecule has 1 aliphatic carbocycles. The van der Waals surface area contributed by atoms with Gasteiger partial charge in [-0.3, -0.25) is 4.79 Å². The summed E-state index contributed by atoms with van der Waals surface area (Å²) in [6.45, 7) is 5.03. The van der Waals surface area contributed by atoms with Gasteiger partial charge in [-0.1, -0.05) is 13.8 Å². The molecule has 1 aliphatic rings. The van der Waals surface area contributed by atoms with Crippen LogP contribution in [0.2, 0.25) is 0 Å². The molecule has 2 atom stereocenters. The molecule has 0 heterocycles. The van der Waals surface area contributed by atoms with Gasteiger partial charge in [0, 0.05) is 19.6 Å². The van der Waals surface area contributed by atoms with Crippen LogP contribution in [-0.2, 0) is 9.53 Å². The average Bonchev–Trinajstić information content (AvgIpc) is 2.74. The molecular weight excluding hydrogens is 228 g/mol. The number of nitrogens with two attached hydrogens (primary N) is 1. The smallest absolute Gasteiger partial charge is 0.220 e. The lowest BCUT2D eigenvalue weighted by atomic mass is 9.84. The first-order valence-corrected chi connectivity index (χ1v) is 6.99. The van der Waals surface area contributed by atoms with E-state index in [2.05, 4.69) is 19.2 Å². The van der Waals surface area contributed by atoms with E-state index in [4.69, 9.17) is 10.5 Å². The van der Waals surface area contributed by atoms with Crippen molar-refractivity contribution in [2.24, 2.45) is 11.1 Å². The number of rotatable bonds is 7. The first kappa shape index (κ1) is 15.4. The van der Waals surface area contributed by atoms with Crippen LogP contribution in [0.25, 0.3) is 0 Å². The van der Waals surface area contributed by atoms with Crippen LogP contribution in [0, 0.1) is 5.41 Å². The summed E-state index contributed by atoms with van der Waals surface area (Å²) in [7, 11) is 1.74. The highest BCUT2D eigenvalue weighted by molar-refractivity contribution is 5.76. The Kier molecular flexibility index (Phi) is 6.09. The largest absolute Gasteiger partial charge is 0.381 e. The topological polar surface area (TPSA) is 64.3 Å².